The van der Waals surface area contributed by atoms with Gasteiger partial charge in [0.15, 0.2) is 0 Å². The van der Waals surface area contributed by atoms with Crippen LogP contribution in [-0.2, 0) is 0 Å². The zero-order valence-electron chi connectivity index (χ0n) is 10.6. The molecule has 1 aliphatic carbocycles. The van der Waals surface area contributed by atoms with Crippen molar-refractivity contribution in [2.24, 2.45) is 0 Å². The molecule has 5 heteroatoms. The number of aromatic nitrogens is 1. The lowest BCUT2D eigenvalue weighted by Crippen LogP contribution is -2.21. The van der Waals surface area contributed by atoms with Gasteiger partial charge in [-0.05, 0) is 43.9 Å². The van der Waals surface area contributed by atoms with E-state index in [0.717, 1.165) is 25.7 Å². The molecule has 0 aliphatic heterocycles. The predicted octanol–water partition coefficient (Wildman–Crippen LogP) is 2.48. The van der Waals surface area contributed by atoms with Crippen LogP contribution in [0.3, 0.4) is 0 Å². The van der Waals surface area contributed by atoms with Gasteiger partial charge in [-0.15, -0.1) is 0 Å². The van der Waals surface area contributed by atoms with Gasteiger partial charge in [0.05, 0.1) is 10.9 Å². The van der Waals surface area contributed by atoms with Gasteiger partial charge in [0, 0.05) is 5.69 Å². The summed E-state index contributed by atoms with van der Waals surface area (Å²) in [5.41, 5.74) is 6.25. The molecule has 5 nitrogen and oxygen atoms in total. The highest BCUT2D eigenvalue weighted by atomic mass is 16.6. The van der Waals surface area contributed by atoms with E-state index >= 15 is 0 Å². The van der Waals surface area contributed by atoms with Crippen LogP contribution in [0.2, 0.25) is 0 Å². The molecule has 0 radical (unpaired) electrons. The molecule has 0 bridgehead atoms. The lowest BCUT2D eigenvalue weighted by molar-refractivity contribution is 0.107. The lowest BCUT2D eigenvalue weighted by atomic mass is 9.98. The van der Waals surface area contributed by atoms with Crippen LogP contribution in [0.15, 0.2) is 27.4 Å². The van der Waals surface area contributed by atoms with Crippen LogP contribution in [0, 0.1) is 0 Å². The summed E-state index contributed by atoms with van der Waals surface area (Å²) in [5.74, 6) is 0. The predicted molar refractivity (Wildman–Crippen MR) is 72.2 cm³/mol. The molecule has 3 rings (SSSR count). The summed E-state index contributed by atoms with van der Waals surface area (Å²) >= 11 is 0. The topological polar surface area (TPSA) is 78.3 Å². The molecule has 1 aromatic heterocycles. The third-order valence-electron chi connectivity index (χ3n) is 3.45. The van der Waals surface area contributed by atoms with Gasteiger partial charge in [-0.2, -0.15) is 4.98 Å². The van der Waals surface area contributed by atoms with E-state index in [1.807, 2.05) is 0 Å². The van der Waals surface area contributed by atoms with E-state index in [2.05, 4.69) is 4.98 Å². The maximum Gasteiger partial charge on any atom is 0.397 e. The molecule has 0 saturated heterocycles. The number of hydrogen-bond donors (Lipinski definition) is 1. The molecule has 0 unspecified atom stereocenters. The molecule has 19 heavy (non-hydrogen) atoms. The largest absolute Gasteiger partial charge is 0.447 e. The quantitative estimate of drug-likeness (QED) is 0.839. The minimum absolute atomic E-state index is 0.0640. The van der Waals surface area contributed by atoms with Crippen molar-refractivity contribution >= 4 is 16.6 Å². The van der Waals surface area contributed by atoms with Crippen LogP contribution in [0.25, 0.3) is 10.9 Å². The maximum atomic E-state index is 11.9. The molecule has 0 spiro atoms. The number of rotatable bonds is 2. The van der Waals surface area contributed by atoms with Crippen molar-refractivity contribution in [2.75, 3.05) is 5.73 Å². The molecule has 1 aromatic carbocycles. The fourth-order valence-electron chi connectivity index (χ4n) is 2.45. The van der Waals surface area contributed by atoms with E-state index in [-0.39, 0.29) is 12.2 Å². The number of benzene rings is 1. The number of ether oxygens (including phenoxy) is 1. The highest BCUT2D eigenvalue weighted by Gasteiger charge is 2.17. The van der Waals surface area contributed by atoms with Gasteiger partial charge < -0.3 is 14.9 Å². The van der Waals surface area contributed by atoms with E-state index in [4.69, 9.17) is 14.9 Å². The second-order valence-corrected chi connectivity index (χ2v) is 4.92. The summed E-state index contributed by atoms with van der Waals surface area (Å²) in [6, 6.07) is 4.98. The molecule has 1 saturated carbocycles. The number of nitrogens with two attached hydrogens (primary N) is 1. The Morgan fingerprint density at radius 3 is 2.84 bits per heavy atom. The first-order valence-electron chi connectivity index (χ1n) is 6.59. The van der Waals surface area contributed by atoms with Crippen molar-refractivity contribution in [3.8, 4) is 6.08 Å². The smallest absolute Gasteiger partial charge is 0.397 e. The molecule has 0 atom stereocenters. The van der Waals surface area contributed by atoms with Crippen molar-refractivity contribution < 1.29 is 9.15 Å². The second-order valence-electron chi connectivity index (χ2n) is 4.92. The van der Waals surface area contributed by atoms with E-state index in [1.165, 1.54) is 6.42 Å². The Kier molecular flexibility index (Phi) is 3.11. The summed E-state index contributed by atoms with van der Waals surface area (Å²) in [5, 5.41) is 0.385. The summed E-state index contributed by atoms with van der Waals surface area (Å²) in [6.45, 7) is 0. The van der Waals surface area contributed by atoms with E-state index < -0.39 is 5.63 Å². The molecular weight excluding hydrogens is 244 g/mol. The average molecular weight is 260 g/mol. The van der Waals surface area contributed by atoms with Gasteiger partial charge in [0.2, 0.25) is 0 Å². The highest BCUT2D eigenvalue weighted by molar-refractivity contribution is 5.80. The molecule has 100 valence electrons. The average Bonchev–Trinajstić information content (AvgIpc) is 2.41. The molecule has 2 aromatic rings. The van der Waals surface area contributed by atoms with Crippen LogP contribution in [0.4, 0.5) is 5.69 Å². The van der Waals surface area contributed by atoms with Gasteiger partial charge in [-0.1, -0.05) is 6.42 Å². The monoisotopic (exact) mass is 260 g/mol. The fourth-order valence-corrected chi connectivity index (χ4v) is 2.45. The number of anilines is 1. The van der Waals surface area contributed by atoms with Crippen LogP contribution in [0.1, 0.15) is 32.1 Å². The van der Waals surface area contributed by atoms with E-state index in [1.54, 1.807) is 18.2 Å². The van der Waals surface area contributed by atoms with Crippen molar-refractivity contribution in [2.45, 2.75) is 38.2 Å². The molecule has 1 heterocycles. The van der Waals surface area contributed by atoms with Crippen molar-refractivity contribution in [1.29, 1.82) is 0 Å². The van der Waals surface area contributed by atoms with Crippen LogP contribution >= 0.6 is 0 Å². The first kappa shape index (κ1) is 12.0. The third kappa shape index (κ3) is 2.54. The minimum atomic E-state index is -0.455. The number of hydrogen-bond acceptors (Lipinski definition) is 5. The third-order valence-corrected chi connectivity index (χ3v) is 3.45. The van der Waals surface area contributed by atoms with Crippen molar-refractivity contribution in [1.82, 2.24) is 4.98 Å². The normalized spacial score (nSPS) is 16.6. The summed E-state index contributed by atoms with van der Waals surface area (Å²) in [4.78, 5) is 16.1. The Hall–Kier alpha value is -2.04. The summed E-state index contributed by atoms with van der Waals surface area (Å²) < 4.78 is 10.8. The Bertz CT molecular complexity index is 645. The first-order valence-corrected chi connectivity index (χ1v) is 6.59. The SMILES string of the molecule is Nc1ccc2nc(OC3CCCCC3)oc(=O)c2c1. The second kappa shape index (κ2) is 4.91. The van der Waals surface area contributed by atoms with E-state index in [0.29, 0.717) is 16.6 Å². The number of fused-ring (bicyclic) bond motifs is 1. The molecule has 2 N–H and O–H groups in total. The summed E-state index contributed by atoms with van der Waals surface area (Å²) in [6.07, 6.45) is 5.70. The maximum absolute atomic E-state index is 11.9. The molecular formula is C14H16N2O3. The Morgan fingerprint density at radius 1 is 1.26 bits per heavy atom. The summed E-state index contributed by atoms with van der Waals surface area (Å²) in [7, 11) is 0. The van der Waals surface area contributed by atoms with Crippen LogP contribution in [0.5, 0.6) is 6.08 Å². The zero-order chi connectivity index (χ0) is 13.2. The van der Waals surface area contributed by atoms with E-state index in [9.17, 15) is 4.79 Å². The zero-order valence-corrected chi connectivity index (χ0v) is 10.6. The fraction of sp³-hybridized carbons (Fsp3) is 0.429. The molecule has 1 fully saturated rings. The minimum Gasteiger partial charge on any atom is -0.447 e. The van der Waals surface area contributed by atoms with Crippen LogP contribution in [-0.4, -0.2) is 11.1 Å². The van der Waals surface area contributed by atoms with Gasteiger partial charge in [-0.3, -0.25) is 0 Å². The number of nitrogens with zero attached hydrogens (tertiary/aromatic N) is 1. The van der Waals surface area contributed by atoms with Crippen molar-refractivity contribution in [3.05, 3.63) is 28.6 Å². The first-order chi connectivity index (χ1) is 9.22. The Morgan fingerprint density at radius 2 is 2.05 bits per heavy atom. The Balaban J connectivity index is 1.92. The highest BCUT2D eigenvalue weighted by Crippen LogP contribution is 2.23. The molecule has 1 aliphatic rings. The number of nitrogen functional groups attached to an aromatic ring is 1. The van der Waals surface area contributed by atoms with Crippen molar-refractivity contribution in [3.63, 3.8) is 0 Å². The lowest BCUT2D eigenvalue weighted by Gasteiger charge is -2.21. The van der Waals surface area contributed by atoms with Gasteiger partial charge >= 0.3 is 11.7 Å². The van der Waals surface area contributed by atoms with Gasteiger partial charge in [0.25, 0.3) is 0 Å². The molecule has 0 amide bonds. The van der Waals surface area contributed by atoms with Crippen LogP contribution < -0.4 is 16.1 Å². The Labute approximate surface area is 110 Å². The standard InChI is InChI=1S/C14H16N2O3/c15-9-6-7-12-11(8-9)13(17)19-14(16-12)18-10-4-2-1-3-5-10/h6-8,10H,1-5,15H2. The van der Waals surface area contributed by atoms with Gasteiger partial charge in [-0.25, -0.2) is 4.79 Å². The van der Waals surface area contributed by atoms with Gasteiger partial charge in [0.1, 0.15) is 6.10 Å².